The number of para-hydroxylation sites is 2. The first kappa shape index (κ1) is 19.3. The van der Waals surface area contributed by atoms with Crippen molar-refractivity contribution in [2.75, 3.05) is 4.90 Å². The lowest BCUT2D eigenvalue weighted by Crippen LogP contribution is -2.29. The number of halogens is 1. The molecule has 1 aliphatic heterocycles. The van der Waals surface area contributed by atoms with Gasteiger partial charge in [0.25, 0.3) is 0 Å². The van der Waals surface area contributed by atoms with Crippen molar-refractivity contribution in [3.8, 4) is 17.1 Å². The number of phenolic OH excluding ortho intramolecular Hbond substituents is 1. The van der Waals surface area contributed by atoms with Gasteiger partial charge in [-0.2, -0.15) is 0 Å². The molecule has 0 bridgehead atoms. The molecule has 5 rings (SSSR count). The van der Waals surface area contributed by atoms with Crippen molar-refractivity contribution < 1.29 is 13.9 Å². The van der Waals surface area contributed by atoms with Gasteiger partial charge in [0, 0.05) is 11.8 Å². The second-order valence-electron chi connectivity index (χ2n) is 7.19. The summed E-state index contributed by atoms with van der Waals surface area (Å²) in [5.41, 5.74) is 2.14. The van der Waals surface area contributed by atoms with Crippen molar-refractivity contribution in [3.05, 3.63) is 102 Å². The van der Waals surface area contributed by atoms with Gasteiger partial charge in [-0.25, -0.2) is 4.39 Å². The Balaban J connectivity index is 1.61. The largest absolute Gasteiger partial charge is 0.506 e. The van der Waals surface area contributed by atoms with Crippen LogP contribution in [-0.2, 0) is 0 Å². The minimum atomic E-state index is -0.384. The Morgan fingerprint density at radius 3 is 2.48 bits per heavy atom. The predicted molar refractivity (Wildman–Crippen MR) is 120 cm³/mol. The van der Waals surface area contributed by atoms with E-state index in [-0.39, 0.29) is 23.7 Å². The molecule has 0 radical (unpaired) electrons. The first-order valence-electron chi connectivity index (χ1n) is 9.76. The van der Waals surface area contributed by atoms with Gasteiger partial charge in [0.2, 0.25) is 0 Å². The van der Waals surface area contributed by atoms with Crippen LogP contribution in [0.5, 0.6) is 5.75 Å². The van der Waals surface area contributed by atoms with Crippen LogP contribution in [0.2, 0.25) is 0 Å². The first-order valence-corrected chi connectivity index (χ1v) is 10.2. The zero-order valence-electron chi connectivity index (χ0n) is 16.3. The molecule has 31 heavy (non-hydrogen) atoms. The number of rotatable bonds is 4. The van der Waals surface area contributed by atoms with Crippen molar-refractivity contribution in [2.24, 2.45) is 0 Å². The Labute approximate surface area is 183 Å². The highest BCUT2D eigenvalue weighted by molar-refractivity contribution is 7.80. The van der Waals surface area contributed by atoms with E-state index in [1.807, 2.05) is 41.3 Å². The topological polar surface area (TPSA) is 61.5 Å². The lowest BCUT2D eigenvalue weighted by Gasteiger charge is -2.26. The van der Waals surface area contributed by atoms with E-state index < -0.39 is 0 Å². The van der Waals surface area contributed by atoms with Gasteiger partial charge in [-0.05, 0) is 72.9 Å². The SMILES string of the molecule is Oc1ccccc1N1C(=S)NC(c2ccccn2)C1c1ccc(-c2ccc(F)cc2)o1. The maximum absolute atomic E-state index is 13.3. The minimum Gasteiger partial charge on any atom is -0.506 e. The summed E-state index contributed by atoms with van der Waals surface area (Å²) in [6, 6.07) is 21.9. The Morgan fingerprint density at radius 1 is 0.968 bits per heavy atom. The van der Waals surface area contributed by atoms with Crippen molar-refractivity contribution in [1.82, 2.24) is 10.3 Å². The molecule has 2 N–H and O–H groups in total. The lowest BCUT2D eigenvalue weighted by atomic mass is 10.0. The van der Waals surface area contributed by atoms with E-state index >= 15 is 0 Å². The quantitative estimate of drug-likeness (QED) is 0.424. The van der Waals surface area contributed by atoms with Crippen LogP contribution in [-0.4, -0.2) is 15.2 Å². The van der Waals surface area contributed by atoms with E-state index in [1.165, 1.54) is 12.1 Å². The molecule has 2 unspecified atom stereocenters. The molecule has 0 spiro atoms. The number of nitrogens with zero attached hydrogens (tertiary/aromatic N) is 2. The molecule has 0 amide bonds. The van der Waals surface area contributed by atoms with Crippen LogP contribution in [0.25, 0.3) is 11.3 Å². The molecule has 5 nitrogen and oxygen atoms in total. The summed E-state index contributed by atoms with van der Waals surface area (Å²) < 4.78 is 19.5. The minimum absolute atomic E-state index is 0.114. The highest BCUT2D eigenvalue weighted by atomic mass is 32.1. The van der Waals surface area contributed by atoms with Crippen LogP contribution in [0, 0.1) is 5.82 Å². The molecule has 1 fully saturated rings. The number of hydrogen-bond donors (Lipinski definition) is 2. The number of hydrogen-bond acceptors (Lipinski definition) is 4. The van der Waals surface area contributed by atoms with Crippen molar-refractivity contribution in [1.29, 1.82) is 0 Å². The molecule has 7 heteroatoms. The zero-order chi connectivity index (χ0) is 21.4. The van der Waals surface area contributed by atoms with Gasteiger partial charge in [0.1, 0.15) is 29.1 Å². The summed E-state index contributed by atoms with van der Waals surface area (Å²) in [4.78, 5) is 6.35. The normalized spacial score (nSPS) is 18.2. The number of phenols is 1. The molecular weight excluding hydrogens is 413 g/mol. The number of aromatic nitrogens is 1. The second kappa shape index (κ2) is 7.85. The summed E-state index contributed by atoms with van der Waals surface area (Å²) in [5.74, 6) is 1.07. The first-order chi connectivity index (χ1) is 15.1. The number of pyridine rings is 1. The van der Waals surface area contributed by atoms with Crippen molar-refractivity contribution in [3.63, 3.8) is 0 Å². The number of furan rings is 1. The van der Waals surface area contributed by atoms with E-state index in [4.69, 9.17) is 16.6 Å². The maximum Gasteiger partial charge on any atom is 0.174 e. The van der Waals surface area contributed by atoms with Crippen LogP contribution in [0.4, 0.5) is 10.1 Å². The predicted octanol–water partition coefficient (Wildman–Crippen LogP) is 5.36. The van der Waals surface area contributed by atoms with Crippen molar-refractivity contribution in [2.45, 2.75) is 12.1 Å². The molecule has 2 atom stereocenters. The van der Waals surface area contributed by atoms with Gasteiger partial charge in [-0.15, -0.1) is 0 Å². The van der Waals surface area contributed by atoms with Crippen LogP contribution in [0.15, 0.2) is 89.5 Å². The Hall–Kier alpha value is -3.71. The third kappa shape index (κ3) is 3.53. The van der Waals surface area contributed by atoms with Gasteiger partial charge in [-0.3, -0.25) is 4.98 Å². The van der Waals surface area contributed by atoms with Crippen LogP contribution in [0.1, 0.15) is 23.5 Å². The highest BCUT2D eigenvalue weighted by Gasteiger charge is 2.43. The molecular formula is C24H18FN3O2S. The summed E-state index contributed by atoms with van der Waals surface area (Å²) in [6.45, 7) is 0. The van der Waals surface area contributed by atoms with Gasteiger partial charge >= 0.3 is 0 Å². The molecule has 0 saturated carbocycles. The number of benzene rings is 2. The van der Waals surface area contributed by atoms with E-state index in [1.54, 1.807) is 36.5 Å². The Bertz CT molecular complexity index is 1230. The van der Waals surface area contributed by atoms with Gasteiger partial charge in [-0.1, -0.05) is 18.2 Å². The fraction of sp³-hybridized carbons (Fsp3) is 0.0833. The van der Waals surface area contributed by atoms with E-state index in [9.17, 15) is 9.50 Å². The number of aromatic hydroxyl groups is 1. The van der Waals surface area contributed by atoms with Crippen LogP contribution in [0.3, 0.4) is 0 Å². The standard InChI is InChI=1S/C24H18FN3O2S/c25-16-10-8-15(9-11-16)20-12-13-21(30-20)23-22(17-5-3-4-14-26-17)27-24(31)28(23)18-6-1-2-7-19(18)29/h1-14,22-23,29H,(H,27,31). The summed E-state index contributed by atoms with van der Waals surface area (Å²) in [5, 5.41) is 14.3. The van der Waals surface area contributed by atoms with Gasteiger partial charge < -0.3 is 19.7 Å². The van der Waals surface area contributed by atoms with Crippen molar-refractivity contribution >= 4 is 23.0 Å². The molecule has 154 valence electrons. The summed E-state index contributed by atoms with van der Waals surface area (Å²) >= 11 is 5.64. The summed E-state index contributed by atoms with van der Waals surface area (Å²) in [7, 11) is 0. The third-order valence-electron chi connectivity index (χ3n) is 5.29. The molecule has 4 aromatic rings. The summed E-state index contributed by atoms with van der Waals surface area (Å²) in [6.07, 6.45) is 1.73. The monoisotopic (exact) mass is 431 g/mol. The molecule has 2 aromatic heterocycles. The second-order valence-corrected chi connectivity index (χ2v) is 7.58. The van der Waals surface area contributed by atoms with Gasteiger partial charge in [0.05, 0.1) is 17.4 Å². The molecule has 1 saturated heterocycles. The van der Waals surface area contributed by atoms with Gasteiger partial charge in [0.15, 0.2) is 5.11 Å². The number of thiocarbonyl (C=S) groups is 1. The fourth-order valence-corrected chi connectivity index (χ4v) is 4.19. The number of nitrogens with one attached hydrogen (secondary N) is 1. The van der Waals surface area contributed by atoms with E-state index in [2.05, 4.69) is 10.3 Å². The smallest absolute Gasteiger partial charge is 0.174 e. The molecule has 0 aliphatic carbocycles. The number of anilines is 1. The highest BCUT2D eigenvalue weighted by Crippen LogP contribution is 2.45. The fourth-order valence-electron chi connectivity index (χ4n) is 3.85. The Morgan fingerprint density at radius 2 is 1.74 bits per heavy atom. The molecule has 3 heterocycles. The van der Waals surface area contributed by atoms with Crippen LogP contribution >= 0.6 is 12.2 Å². The Kier molecular flexibility index (Phi) is 4.88. The van der Waals surface area contributed by atoms with E-state index in [0.717, 1.165) is 11.3 Å². The maximum atomic E-state index is 13.3. The lowest BCUT2D eigenvalue weighted by molar-refractivity contribution is 0.434. The van der Waals surface area contributed by atoms with E-state index in [0.29, 0.717) is 22.3 Å². The average Bonchev–Trinajstić information content (AvgIpc) is 3.40. The van der Waals surface area contributed by atoms with Crippen LogP contribution < -0.4 is 10.2 Å². The third-order valence-corrected chi connectivity index (χ3v) is 5.60. The molecule has 2 aromatic carbocycles. The molecule has 1 aliphatic rings. The zero-order valence-corrected chi connectivity index (χ0v) is 17.1. The average molecular weight is 431 g/mol.